The predicted molar refractivity (Wildman–Crippen MR) is 115 cm³/mol. The molecule has 1 aliphatic rings. The van der Waals surface area contributed by atoms with E-state index in [-0.39, 0.29) is 23.3 Å². The van der Waals surface area contributed by atoms with Crippen LogP contribution in [-0.2, 0) is 6.54 Å². The first-order valence-corrected chi connectivity index (χ1v) is 10.3. The van der Waals surface area contributed by atoms with Crippen molar-refractivity contribution in [2.45, 2.75) is 6.54 Å². The first-order chi connectivity index (χ1) is 15.0. The number of ether oxygens (including phenoxy) is 1. The zero-order chi connectivity index (χ0) is 22.0. The lowest BCUT2D eigenvalue weighted by Crippen LogP contribution is -2.48. The van der Waals surface area contributed by atoms with Gasteiger partial charge >= 0.3 is 0 Å². The minimum absolute atomic E-state index is 0.146. The van der Waals surface area contributed by atoms with E-state index in [0.29, 0.717) is 48.9 Å². The van der Waals surface area contributed by atoms with Crippen molar-refractivity contribution in [1.82, 2.24) is 19.4 Å². The Labute approximate surface area is 183 Å². The van der Waals surface area contributed by atoms with Crippen LogP contribution in [-0.4, -0.2) is 58.5 Å². The van der Waals surface area contributed by atoms with Gasteiger partial charge in [-0.1, -0.05) is 6.07 Å². The standard InChI is InChI=1S/C22H22F2N4O2S/c1-30-20-7-2-15(12-18(20)24)14-26-8-10-27(11-9-26)21(29)19-13-25-22(31)28(19)17-5-3-16(23)4-6-17/h2-7,12-13H,8-11,14H2,1H3,(H,25,31). The van der Waals surface area contributed by atoms with Crippen LogP contribution < -0.4 is 4.74 Å². The van der Waals surface area contributed by atoms with E-state index in [2.05, 4.69) is 9.88 Å². The highest BCUT2D eigenvalue weighted by Crippen LogP contribution is 2.20. The number of rotatable bonds is 5. The minimum Gasteiger partial charge on any atom is -0.494 e. The molecule has 1 N–H and O–H groups in total. The molecule has 0 atom stereocenters. The molecular formula is C22H22F2N4O2S. The zero-order valence-corrected chi connectivity index (χ0v) is 17.8. The number of hydrogen-bond acceptors (Lipinski definition) is 4. The number of H-pyrrole nitrogens is 1. The number of aromatic nitrogens is 2. The van der Waals surface area contributed by atoms with Crippen LogP contribution in [0, 0.1) is 16.4 Å². The molecule has 1 amide bonds. The second-order valence-corrected chi connectivity index (χ2v) is 7.71. The number of halogens is 2. The SMILES string of the molecule is COc1ccc(CN2CCN(C(=O)c3c[nH]c(=S)n3-c3ccc(F)cc3)CC2)cc1F. The maximum atomic E-state index is 13.9. The van der Waals surface area contributed by atoms with E-state index in [1.54, 1.807) is 33.9 Å². The molecular weight excluding hydrogens is 422 g/mol. The van der Waals surface area contributed by atoms with Crippen LogP contribution in [0.2, 0.25) is 0 Å². The molecule has 31 heavy (non-hydrogen) atoms. The van der Waals surface area contributed by atoms with Crippen LogP contribution >= 0.6 is 12.2 Å². The third-order valence-corrected chi connectivity index (χ3v) is 5.66. The van der Waals surface area contributed by atoms with Gasteiger partial charge < -0.3 is 14.6 Å². The highest BCUT2D eigenvalue weighted by atomic mass is 32.1. The van der Waals surface area contributed by atoms with E-state index in [9.17, 15) is 13.6 Å². The third kappa shape index (κ3) is 4.52. The number of hydrogen-bond donors (Lipinski definition) is 1. The van der Waals surface area contributed by atoms with Crippen LogP contribution in [0.4, 0.5) is 8.78 Å². The van der Waals surface area contributed by atoms with Gasteiger partial charge in [-0.3, -0.25) is 14.3 Å². The molecule has 1 fully saturated rings. The fraction of sp³-hybridized carbons (Fsp3) is 0.273. The van der Waals surface area contributed by atoms with Crippen LogP contribution in [0.1, 0.15) is 16.1 Å². The Bertz CT molecular complexity index is 1140. The van der Waals surface area contributed by atoms with E-state index in [1.807, 2.05) is 6.07 Å². The average Bonchev–Trinajstić information content (AvgIpc) is 3.16. The maximum Gasteiger partial charge on any atom is 0.272 e. The number of amides is 1. The van der Waals surface area contributed by atoms with Gasteiger partial charge in [0.2, 0.25) is 0 Å². The Morgan fingerprint density at radius 2 is 1.81 bits per heavy atom. The minimum atomic E-state index is -0.383. The lowest BCUT2D eigenvalue weighted by molar-refractivity contribution is 0.0620. The molecule has 2 aromatic carbocycles. The van der Waals surface area contributed by atoms with Crippen molar-refractivity contribution in [2.75, 3.05) is 33.3 Å². The highest BCUT2D eigenvalue weighted by Gasteiger charge is 2.25. The number of imidazole rings is 1. The van der Waals surface area contributed by atoms with E-state index in [4.69, 9.17) is 17.0 Å². The molecule has 6 nitrogen and oxygen atoms in total. The predicted octanol–water partition coefficient (Wildman–Crippen LogP) is 3.78. The molecule has 2 heterocycles. The lowest BCUT2D eigenvalue weighted by atomic mass is 10.1. The summed E-state index contributed by atoms with van der Waals surface area (Å²) in [6, 6.07) is 10.8. The largest absolute Gasteiger partial charge is 0.494 e. The Morgan fingerprint density at radius 3 is 2.45 bits per heavy atom. The van der Waals surface area contributed by atoms with Crippen LogP contribution in [0.15, 0.2) is 48.7 Å². The van der Waals surface area contributed by atoms with Gasteiger partial charge in [-0.25, -0.2) is 8.78 Å². The molecule has 0 spiro atoms. The smallest absolute Gasteiger partial charge is 0.272 e. The molecule has 1 aromatic heterocycles. The highest BCUT2D eigenvalue weighted by molar-refractivity contribution is 7.71. The lowest BCUT2D eigenvalue weighted by Gasteiger charge is -2.34. The number of aromatic amines is 1. The number of methoxy groups -OCH3 is 1. The summed E-state index contributed by atoms with van der Waals surface area (Å²) < 4.78 is 34.2. The topological polar surface area (TPSA) is 53.5 Å². The molecule has 0 saturated carbocycles. The van der Waals surface area contributed by atoms with Crippen molar-refractivity contribution in [1.29, 1.82) is 0 Å². The first-order valence-electron chi connectivity index (χ1n) is 9.86. The third-order valence-electron chi connectivity index (χ3n) is 5.36. The van der Waals surface area contributed by atoms with Gasteiger partial charge in [0.1, 0.15) is 11.5 Å². The van der Waals surface area contributed by atoms with Crippen LogP contribution in [0.3, 0.4) is 0 Å². The Hall–Kier alpha value is -3.04. The van der Waals surface area contributed by atoms with Crippen molar-refractivity contribution in [3.8, 4) is 11.4 Å². The fourth-order valence-electron chi connectivity index (χ4n) is 3.71. The van der Waals surface area contributed by atoms with Crippen molar-refractivity contribution >= 4 is 18.1 Å². The fourth-order valence-corrected chi connectivity index (χ4v) is 3.97. The van der Waals surface area contributed by atoms with E-state index >= 15 is 0 Å². The van der Waals surface area contributed by atoms with Gasteiger partial charge in [-0.15, -0.1) is 0 Å². The maximum absolute atomic E-state index is 13.9. The Balaban J connectivity index is 1.43. The van der Waals surface area contributed by atoms with Crippen molar-refractivity contribution in [3.05, 3.63) is 76.3 Å². The number of benzene rings is 2. The molecule has 9 heteroatoms. The number of carbonyl (C=O) groups excluding carboxylic acids is 1. The molecule has 0 unspecified atom stereocenters. The molecule has 0 aliphatic carbocycles. The van der Waals surface area contributed by atoms with Gasteiger partial charge in [0, 0.05) is 44.6 Å². The van der Waals surface area contributed by atoms with E-state index in [1.165, 1.54) is 25.3 Å². The number of nitrogens with zero attached hydrogens (tertiary/aromatic N) is 3. The Kier molecular flexibility index (Phi) is 6.15. The summed E-state index contributed by atoms with van der Waals surface area (Å²) in [7, 11) is 1.44. The van der Waals surface area contributed by atoms with Crippen molar-refractivity contribution < 1.29 is 18.3 Å². The molecule has 1 saturated heterocycles. The van der Waals surface area contributed by atoms with Crippen molar-refractivity contribution in [2.24, 2.45) is 0 Å². The second-order valence-electron chi connectivity index (χ2n) is 7.33. The summed E-state index contributed by atoms with van der Waals surface area (Å²) in [5, 5.41) is 0. The van der Waals surface area contributed by atoms with Gasteiger partial charge in [0.05, 0.1) is 7.11 Å². The molecule has 4 rings (SSSR count). The number of piperazine rings is 1. The summed E-state index contributed by atoms with van der Waals surface area (Å²) in [6.45, 7) is 3.01. The molecule has 162 valence electrons. The molecule has 1 aliphatic heterocycles. The molecule has 0 bridgehead atoms. The monoisotopic (exact) mass is 444 g/mol. The Morgan fingerprint density at radius 1 is 1.10 bits per heavy atom. The van der Waals surface area contributed by atoms with Gasteiger partial charge in [-0.05, 0) is 54.2 Å². The quantitative estimate of drug-likeness (QED) is 0.609. The van der Waals surface area contributed by atoms with E-state index < -0.39 is 0 Å². The molecule has 0 radical (unpaired) electrons. The summed E-state index contributed by atoms with van der Waals surface area (Å²) in [5.41, 5.74) is 1.88. The van der Waals surface area contributed by atoms with Gasteiger partial charge in [0.25, 0.3) is 5.91 Å². The normalized spacial score (nSPS) is 14.6. The number of carbonyl (C=O) groups is 1. The summed E-state index contributed by atoms with van der Waals surface area (Å²) in [6.07, 6.45) is 1.58. The van der Waals surface area contributed by atoms with Gasteiger partial charge in [0.15, 0.2) is 16.3 Å². The van der Waals surface area contributed by atoms with E-state index in [0.717, 1.165) is 5.56 Å². The molecule has 3 aromatic rings. The first kappa shape index (κ1) is 21.2. The van der Waals surface area contributed by atoms with Gasteiger partial charge in [-0.2, -0.15) is 0 Å². The average molecular weight is 445 g/mol. The van der Waals surface area contributed by atoms with Crippen molar-refractivity contribution in [3.63, 3.8) is 0 Å². The van der Waals surface area contributed by atoms with Crippen LogP contribution in [0.5, 0.6) is 5.75 Å². The zero-order valence-electron chi connectivity index (χ0n) is 17.0. The van der Waals surface area contributed by atoms with Crippen LogP contribution in [0.25, 0.3) is 5.69 Å². The summed E-state index contributed by atoms with van der Waals surface area (Å²) in [4.78, 5) is 20.0. The second kappa shape index (κ2) is 8.99. The number of nitrogens with one attached hydrogen (secondary N) is 1. The summed E-state index contributed by atoms with van der Waals surface area (Å²) >= 11 is 5.32. The summed E-state index contributed by atoms with van der Waals surface area (Å²) in [5.74, 6) is -0.661.